The molecule has 0 unspecified atom stereocenters. The molecule has 0 spiro atoms. The average molecular weight is 428 g/mol. The van der Waals surface area contributed by atoms with Gasteiger partial charge in [0.15, 0.2) is 0 Å². The molecular weight excluding hydrogens is 406 g/mol. The number of hydrogen-bond donors (Lipinski definition) is 0. The second-order valence-electron chi connectivity index (χ2n) is 7.24. The second kappa shape index (κ2) is 7.80. The van der Waals surface area contributed by atoms with Crippen LogP contribution in [-0.2, 0) is 17.8 Å². The fourth-order valence-electron chi connectivity index (χ4n) is 3.98. The summed E-state index contributed by atoms with van der Waals surface area (Å²) in [5, 5.41) is 0. The molecule has 3 heterocycles. The number of fused-ring (bicyclic) bond motifs is 1. The molecule has 0 atom stereocenters. The van der Waals surface area contributed by atoms with Crippen molar-refractivity contribution in [2.45, 2.75) is 25.8 Å². The number of carbonyl (C=O) groups excluding carboxylic acids is 2. The van der Waals surface area contributed by atoms with Crippen molar-refractivity contribution in [2.75, 3.05) is 19.6 Å². The molecule has 2 aliphatic heterocycles. The normalized spacial score (nSPS) is 17.5. The van der Waals surface area contributed by atoms with Crippen molar-refractivity contribution in [2.24, 2.45) is 5.92 Å². The minimum atomic E-state index is -0.0124. The van der Waals surface area contributed by atoms with Gasteiger partial charge >= 0.3 is 0 Å². The highest BCUT2D eigenvalue weighted by Crippen LogP contribution is 2.25. The van der Waals surface area contributed by atoms with Crippen LogP contribution in [0.15, 0.2) is 47.2 Å². The zero-order valence-electron chi connectivity index (χ0n) is 15.1. The van der Waals surface area contributed by atoms with Gasteiger partial charge in [0, 0.05) is 49.0 Å². The molecule has 1 saturated heterocycles. The van der Waals surface area contributed by atoms with Gasteiger partial charge in [0.2, 0.25) is 5.91 Å². The summed E-state index contributed by atoms with van der Waals surface area (Å²) in [6.45, 7) is 2.73. The lowest BCUT2D eigenvalue weighted by Crippen LogP contribution is -2.45. The number of rotatable bonds is 2. The SMILES string of the molecule is O=C(c1cncc(Br)c1)N1CCC(C(=O)N2CCc3ccccc3C2)CC1. The maximum Gasteiger partial charge on any atom is 0.255 e. The Morgan fingerprint density at radius 2 is 1.74 bits per heavy atom. The number of likely N-dealkylation sites (tertiary alicyclic amines) is 1. The molecule has 2 aromatic rings. The largest absolute Gasteiger partial charge is 0.339 e. The van der Waals surface area contributed by atoms with Crippen LogP contribution in [0, 0.1) is 5.92 Å². The van der Waals surface area contributed by atoms with Crippen molar-refractivity contribution in [3.05, 3.63) is 63.9 Å². The Labute approximate surface area is 167 Å². The Kier molecular flexibility index (Phi) is 5.25. The van der Waals surface area contributed by atoms with E-state index in [0.717, 1.165) is 30.3 Å². The molecular formula is C21H22BrN3O2. The number of aromatic nitrogens is 1. The van der Waals surface area contributed by atoms with Gasteiger partial charge in [0.25, 0.3) is 5.91 Å². The van der Waals surface area contributed by atoms with Gasteiger partial charge in [-0.1, -0.05) is 24.3 Å². The molecule has 2 amide bonds. The van der Waals surface area contributed by atoms with E-state index in [2.05, 4.69) is 39.1 Å². The summed E-state index contributed by atoms with van der Waals surface area (Å²) < 4.78 is 0.795. The minimum Gasteiger partial charge on any atom is -0.339 e. The molecule has 0 bridgehead atoms. The smallest absolute Gasteiger partial charge is 0.255 e. The predicted molar refractivity (Wildman–Crippen MR) is 106 cm³/mol. The van der Waals surface area contributed by atoms with Crippen LogP contribution in [0.25, 0.3) is 0 Å². The first-order chi connectivity index (χ1) is 13.1. The van der Waals surface area contributed by atoms with Crippen molar-refractivity contribution >= 4 is 27.7 Å². The van der Waals surface area contributed by atoms with Crippen LogP contribution in [0.3, 0.4) is 0 Å². The molecule has 27 heavy (non-hydrogen) atoms. The van der Waals surface area contributed by atoms with E-state index < -0.39 is 0 Å². The zero-order valence-corrected chi connectivity index (χ0v) is 16.7. The maximum absolute atomic E-state index is 13.0. The standard InChI is InChI=1S/C21H22BrN3O2/c22-19-11-18(12-23-13-19)21(27)24-8-6-16(7-9-24)20(26)25-10-5-15-3-1-2-4-17(15)14-25/h1-4,11-13,16H,5-10,14H2. The molecule has 1 aromatic heterocycles. The Balaban J connectivity index is 1.35. The number of piperidine rings is 1. The van der Waals surface area contributed by atoms with E-state index >= 15 is 0 Å². The van der Waals surface area contributed by atoms with Gasteiger partial charge in [0.1, 0.15) is 0 Å². The topological polar surface area (TPSA) is 53.5 Å². The van der Waals surface area contributed by atoms with Crippen LogP contribution in [-0.4, -0.2) is 46.2 Å². The number of hydrogen-bond acceptors (Lipinski definition) is 3. The molecule has 6 heteroatoms. The first-order valence-corrected chi connectivity index (χ1v) is 10.2. The average Bonchev–Trinajstić information content (AvgIpc) is 2.72. The quantitative estimate of drug-likeness (QED) is 0.738. The number of halogens is 1. The summed E-state index contributed by atoms with van der Waals surface area (Å²) in [7, 11) is 0. The molecule has 0 aliphatic carbocycles. The highest BCUT2D eigenvalue weighted by atomic mass is 79.9. The van der Waals surface area contributed by atoms with Gasteiger partial charge in [-0.15, -0.1) is 0 Å². The Morgan fingerprint density at radius 1 is 1.00 bits per heavy atom. The molecule has 1 aromatic carbocycles. The molecule has 2 aliphatic rings. The fourth-order valence-corrected chi connectivity index (χ4v) is 4.35. The maximum atomic E-state index is 13.0. The lowest BCUT2D eigenvalue weighted by atomic mass is 9.93. The number of pyridine rings is 1. The second-order valence-corrected chi connectivity index (χ2v) is 8.15. The van der Waals surface area contributed by atoms with Crippen molar-refractivity contribution in [1.82, 2.24) is 14.8 Å². The third kappa shape index (κ3) is 3.90. The van der Waals surface area contributed by atoms with Crippen molar-refractivity contribution in [3.8, 4) is 0 Å². The van der Waals surface area contributed by atoms with Crippen LogP contribution in [0.2, 0.25) is 0 Å². The summed E-state index contributed by atoms with van der Waals surface area (Å²) in [6.07, 6.45) is 5.64. The number of carbonyl (C=O) groups is 2. The van der Waals surface area contributed by atoms with Gasteiger partial charge in [-0.05, 0) is 52.4 Å². The van der Waals surface area contributed by atoms with E-state index in [4.69, 9.17) is 0 Å². The van der Waals surface area contributed by atoms with E-state index in [9.17, 15) is 9.59 Å². The highest BCUT2D eigenvalue weighted by Gasteiger charge is 2.31. The molecule has 140 valence electrons. The number of benzene rings is 1. The predicted octanol–water partition coefficient (Wildman–Crippen LogP) is 3.28. The molecule has 1 fully saturated rings. The Bertz CT molecular complexity index is 862. The Morgan fingerprint density at radius 3 is 2.48 bits per heavy atom. The third-order valence-electron chi connectivity index (χ3n) is 5.53. The molecule has 5 nitrogen and oxygen atoms in total. The first-order valence-electron chi connectivity index (χ1n) is 9.37. The van der Waals surface area contributed by atoms with Crippen LogP contribution in [0.4, 0.5) is 0 Å². The summed E-state index contributed by atoms with van der Waals surface area (Å²) in [5.41, 5.74) is 3.19. The summed E-state index contributed by atoms with van der Waals surface area (Å²) in [5.74, 6) is 0.238. The van der Waals surface area contributed by atoms with Crippen LogP contribution in [0.1, 0.15) is 34.3 Å². The van der Waals surface area contributed by atoms with Gasteiger partial charge in [-0.25, -0.2) is 0 Å². The van der Waals surface area contributed by atoms with Crippen molar-refractivity contribution < 1.29 is 9.59 Å². The summed E-state index contributed by atoms with van der Waals surface area (Å²) in [4.78, 5) is 33.5. The van der Waals surface area contributed by atoms with E-state index in [0.29, 0.717) is 25.2 Å². The van der Waals surface area contributed by atoms with Crippen molar-refractivity contribution in [1.29, 1.82) is 0 Å². The monoisotopic (exact) mass is 427 g/mol. The lowest BCUT2D eigenvalue weighted by molar-refractivity contribution is -0.137. The molecule has 4 rings (SSSR count). The summed E-state index contributed by atoms with van der Waals surface area (Å²) in [6, 6.07) is 10.1. The van der Waals surface area contributed by atoms with Crippen molar-refractivity contribution in [3.63, 3.8) is 0 Å². The van der Waals surface area contributed by atoms with E-state index in [1.165, 1.54) is 11.1 Å². The van der Waals surface area contributed by atoms with Gasteiger partial charge in [-0.2, -0.15) is 0 Å². The lowest BCUT2D eigenvalue weighted by Gasteiger charge is -2.36. The van der Waals surface area contributed by atoms with Crippen LogP contribution in [0.5, 0.6) is 0 Å². The van der Waals surface area contributed by atoms with E-state index in [1.54, 1.807) is 18.5 Å². The van der Waals surface area contributed by atoms with Crippen LogP contribution >= 0.6 is 15.9 Å². The number of nitrogens with zero attached hydrogens (tertiary/aromatic N) is 3. The molecule has 0 N–H and O–H groups in total. The Hall–Kier alpha value is -2.21. The van der Waals surface area contributed by atoms with E-state index in [-0.39, 0.29) is 17.7 Å². The number of amides is 2. The van der Waals surface area contributed by atoms with E-state index in [1.807, 2.05) is 15.9 Å². The highest BCUT2D eigenvalue weighted by molar-refractivity contribution is 9.10. The minimum absolute atomic E-state index is 0.0124. The zero-order chi connectivity index (χ0) is 18.8. The molecule has 0 radical (unpaired) electrons. The molecule has 0 saturated carbocycles. The van der Waals surface area contributed by atoms with Gasteiger partial charge < -0.3 is 9.80 Å². The summed E-state index contributed by atoms with van der Waals surface area (Å²) >= 11 is 3.36. The van der Waals surface area contributed by atoms with Crippen LogP contribution < -0.4 is 0 Å². The first kappa shape index (κ1) is 18.2. The van der Waals surface area contributed by atoms with Gasteiger partial charge in [0.05, 0.1) is 5.56 Å². The van der Waals surface area contributed by atoms with Gasteiger partial charge in [-0.3, -0.25) is 14.6 Å². The fraction of sp³-hybridized carbons (Fsp3) is 0.381. The third-order valence-corrected chi connectivity index (χ3v) is 5.96.